The molecule has 0 spiro atoms. The molecule has 0 saturated carbocycles. The normalized spacial score (nSPS) is 12.5. The molecule has 0 aliphatic rings. The van der Waals surface area contributed by atoms with E-state index < -0.39 is 47.1 Å². The lowest BCUT2D eigenvalue weighted by atomic mass is 10.00. The van der Waals surface area contributed by atoms with Gasteiger partial charge in [-0.2, -0.15) is 0 Å². The largest absolute Gasteiger partial charge is 0.477 e. The zero-order valence-electron chi connectivity index (χ0n) is 18.0. The van der Waals surface area contributed by atoms with Crippen molar-refractivity contribution in [2.45, 2.75) is 39.3 Å². The molecule has 0 radical (unpaired) electrons. The highest BCUT2D eigenvalue weighted by atomic mass is 19.2. The molecule has 2 aromatic heterocycles. The van der Waals surface area contributed by atoms with Crippen LogP contribution in [0.15, 0.2) is 29.2 Å². The van der Waals surface area contributed by atoms with Gasteiger partial charge in [-0.15, -0.1) is 0 Å². The number of hydrogen-bond acceptors (Lipinski definition) is 5. The highest BCUT2D eigenvalue weighted by Crippen LogP contribution is 2.25. The number of fused-ring (bicyclic) bond motifs is 1. The molecule has 176 valence electrons. The van der Waals surface area contributed by atoms with Crippen molar-refractivity contribution < 1.29 is 33.3 Å². The van der Waals surface area contributed by atoms with Gasteiger partial charge in [-0.3, -0.25) is 4.79 Å². The highest BCUT2D eigenvalue weighted by molar-refractivity contribution is 5.92. The van der Waals surface area contributed by atoms with E-state index >= 15 is 0 Å². The van der Waals surface area contributed by atoms with Gasteiger partial charge in [-0.05, 0) is 42.0 Å². The fraction of sp³-hybridized carbons (Fsp3) is 0.348. The van der Waals surface area contributed by atoms with Crippen LogP contribution in [0.3, 0.4) is 0 Å². The summed E-state index contributed by atoms with van der Waals surface area (Å²) < 4.78 is 42.5. The molecule has 0 aliphatic carbocycles. The van der Waals surface area contributed by atoms with Crippen LogP contribution < -0.4 is 5.43 Å². The molecule has 1 aromatic carbocycles. The maximum Gasteiger partial charge on any atom is 0.341 e. The third-order valence-electron chi connectivity index (χ3n) is 5.60. The Morgan fingerprint density at radius 1 is 1.09 bits per heavy atom. The van der Waals surface area contributed by atoms with Gasteiger partial charge in [0.05, 0.1) is 30.3 Å². The lowest BCUT2D eigenvalue weighted by molar-refractivity contribution is 0.0694. The molecule has 7 nitrogen and oxygen atoms in total. The number of aryl methyl sites for hydroxylation is 2. The molecule has 3 rings (SSSR count). The molecule has 0 aliphatic heterocycles. The maximum atomic E-state index is 14.0. The molecule has 0 bridgehead atoms. The number of pyridine rings is 2. The van der Waals surface area contributed by atoms with Gasteiger partial charge in [0.25, 0.3) is 0 Å². The number of carbonyl (C=O) groups is 1. The average Bonchev–Trinajstić information content (AvgIpc) is 2.76. The molecule has 0 saturated heterocycles. The summed E-state index contributed by atoms with van der Waals surface area (Å²) in [4.78, 5) is 28.9. The number of benzene rings is 1. The predicted octanol–water partition coefficient (Wildman–Crippen LogP) is 2.98. The molecule has 3 aromatic rings. The van der Waals surface area contributed by atoms with Crippen LogP contribution in [-0.4, -0.2) is 37.4 Å². The zero-order valence-corrected chi connectivity index (χ0v) is 18.0. The number of aliphatic hydroxyl groups excluding tert-OH is 2. The summed E-state index contributed by atoms with van der Waals surface area (Å²) in [5.41, 5.74) is -1.05. The van der Waals surface area contributed by atoms with Crippen molar-refractivity contribution in [3.05, 3.63) is 74.5 Å². The Balaban J connectivity index is 2.19. The van der Waals surface area contributed by atoms with Crippen LogP contribution in [0.25, 0.3) is 11.0 Å². The monoisotopic (exact) mass is 464 g/mol. The van der Waals surface area contributed by atoms with Gasteiger partial charge in [0, 0.05) is 12.3 Å². The third-order valence-corrected chi connectivity index (χ3v) is 5.60. The summed E-state index contributed by atoms with van der Waals surface area (Å²) in [7, 11) is 0. The van der Waals surface area contributed by atoms with Crippen LogP contribution in [-0.2, 0) is 19.4 Å². The maximum absolute atomic E-state index is 14.0. The second-order valence-electron chi connectivity index (χ2n) is 8.06. The van der Waals surface area contributed by atoms with E-state index in [9.17, 15) is 38.1 Å². The number of aromatic carboxylic acids is 1. The van der Waals surface area contributed by atoms with E-state index in [1.54, 1.807) is 13.8 Å². The molecule has 0 fully saturated rings. The molecular formula is C23H23F3N2O5. The van der Waals surface area contributed by atoms with Crippen molar-refractivity contribution in [1.82, 2.24) is 9.55 Å². The third kappa shape index (κ3) is 4.76. The fourth-order valence-electron chi connectivity index (χ4n) is 3.79. The van der Waals surface area contributed by atoms with E-state index in [0.717, 1.165) is 12.3 Å². The Labute approximate surface area is 186 Å². The molecule has 10 heteroatoms. The van der Waals surface area contributed by atoms with Crippen molar-refractivity contribution in [2.75, 3.05) is 6.61 Å². The van der Waals surface area contributed by atoms with E-state index in [4.69, 9.17) is 0 Å². The topological polar surface area (TPSA) is 113 Å². The second-order valence-corrected chi connectivity index (χ2v) is 8.06. The second kappa shape index (κ2) is 9.72. The molecule has 0 amide bonds. The first kappa shape index (κ1) is 24.4. The van der Waals surface area contributed by atoms with Crippen molar-refractivity contribution in [2.24, 2.45) is 5.92 Å². The summed E-state index contributed by atoms with van der Waals surface area (Å²) in [5.74, 6) is -5.08. The van der Waals surface area contributed by atoms with Gasteiger partial charge < -0.3 is 19.9 Å². The summed E-state index contributed by atoms with van der Waals surface area (Å²) in [6.45, 7) is 2.71. The van der Waals surface area contributed by atoms with Gasteiger partial charge in [0.2, 0.25) is 5.43 Å². The van der Waals surface area contributed by atoms with Crippen molar-refractivity contribution in [1.29, 1.82) is 0 Å². The van der Waals surface area contributed by atoms with Crippen LogP contribution >= 0.6 is 0 Å². The minimum atomic E-state index is -1.46. The summed E-state index contributed by atoms with van der Waals surface area (Å²) in [5, 5.41) is 29.1. The number of carboxylic acid groups (broad SMARTS) is 1. The van der Waals surface area contributed by atoms with E-state index in [0.29, 0.717) is 11.6 Å². The van der Waals surface area contributed by atoms with Gasteiger partial charge in [-0.1, -0.05) is 13.8 Å². The number of rotatable bonds is 8. The number of aromatic nitrogens is 2. The summed E-state index contributed by atoms with van der Waals surface area (Å²) in [6.07, 6.45) is 0.939. The number of nitrogens with zero attached hydrogens (tertiary/aromatic N) is 2. The quantitative estimate of drug-likeness (QED) is 0.442. The number of aliphatic hydroxyl groups is 2. The Morgan fingerprint density at radius 2 is 1.76 bits per heavy atom. The minimum absolute atomic E-state index is 0.0248. The Kier molecular flexibility index (Phi) is 7.19. The Bertz CT molecular complexity index is 1270. The summed E-state index contributed by atoms with van der Waals surface area (Å²) in [6, 6.07) is 2.04. The van der Waals surface area contributed by atoms with Crippen molar-refractivity contribution in [3.8, 4) is 0 Å². The fourth-order valence-corrected chi connectivity index (χ4v) is 3.79. The molecule has 2 heterocycles. The Morgan fingerprint density at radius 3 is 2.33 bits per heavy atom. The van der Waals surface area contributed by atoms with Crippen LogP contribution in [0.1, 0.15) is 47.1 Å². The minimum Gasteiger partial charge on any atom is -0.477 e. The first-order valence-corrected chi connectivity index (χ1v) is 10.2. The number of hydrogen-bond donors (Lipinski definition) is 3. The lowest BCUT2D eigenvalue weighted by Crippen LogP contribution is -2.26. The van der Waals surface area contributed by atoms with Crippen LogP contribution in [0.4, 0.5) is 13.2 Å². The number of halogens is 3. The average molecular weight is 464 g/mol. The van der Waals surface area contributed by atoms with E-state index in [1.807, 2.05) is 0 Å². The van der Waals surface area contributed by atoms with Crippen molar-refractivity contribution in [3.63, 3.8) is 0 Å². The molecule has 0 unspecified atom stereocenters. The van der Waals surface area contributed by atoms with Gasteiger partial charge in [0.1, 0.15) is 17.0 Å². The predicted molar refractivity (Wildman–Crippen MR) is 114 cm³/mol. The van der Waals surface area contributed by atoms with Gasteiger partial charge in [-0.25, -0.2) is 22.9 Å². The molecular weight excluding hydrogens is 441 g/mol. The Hall–Kier alpha value is -3.24. The SMILES string of the molecule is CC(C)[C@@H](CO)n1cc(C(=O)O)c(=O)c2cc(CCc3cc(F)cc(F)c3F)c(CO)nc21. The van der Waals surface area contributed by atoms with E-state index in [2.05, 4.69) is 4.98 Å². The van der Waals surface area contributed by atoms with Crippen LogP contribution in [0.2, 0.25) is 0 Å². The first-order chi connectivity index (χ1) is 15.6. The van der Waals surface area contributed by atoms with Gasteiger partial charge >= 0.3 is 5.97 Å². The zero-order chi connectivity index (χ0) is 24.4. The van der Waals surface area contributed by atoms with E-state index in [1.165, 1.54) is 10.6 Å². The summed E-state index contributed by atoms with van der Waals surface area (Å²) >= 11 is 0. The lowest BCUT2D eigenvalue weighted by Gasteiger charge is -2.24. The van der Waals surface area contributed by atoms with Gasteiger partial charge in [0.15, 0.2) is 11.6 Å². The number of carboxylic acids is 1. The smallest absolute Gasteiger partial charge is 0.341 e. The molecule has 33 heavy (non-hydrogen) atoms. The standard InChI is InChI=1S/C23H23F3N2O5/c1-11(2)19(10-30)28-8-16(23(32)33)21(31)15-6-12(18(9-29)27-22(15)28)3-4-13-5-14(24)7-17(25)20(13)26/h5-8,11,19,29-30H,3-4,9-10H2,1-2H3,(H,32,33)/t19-/m1/s1. The van der Waals surface area contributed by atoms with Crippen molar-refractivity contribution >= 4 is 17.0 Å². The molecule has 1 atom stereocenters. The van der Waals surface area contributed by atoms with E-state index in [-0.39, 0.29) is 47.7 Å². The molecule has 3 N–H and O–H groups in total. The highest BCUT2D eigenvalue weighted by Gasteiger charge is 2.23. The van der Waals surface area contributed by atoms with Crippen LogP contribution in [0, 0.1) is 23.4 Å². The van der Waals surface area contributed by atoms with Crippen LogP contribution in [0.5, 0.6) is 0 Å². The first-order valence-electron chi connectivity index (χ1n) is 10.2.